The Balaban J connectivity index is 1.51. The predicted molar refractivity (Wildman–Crippen MR) is 124 cm³/mol. The smallest absolute Gasteiger partial charge is 0.410 e. The van der Waals surface area contributed by atoms with Gasteiger partial charge in [0.2, 0.25) is 0 Å². The second-order valence-electron chi connectivity index (χ2n) is 9.66. The van der Waals surface area contributed by atoms with Crippen LogP contribution >= 0.6 is 0 Å². The van der Waals surface area contributed by atoms with Gasteiger partial charge < -0.3 is 19.5 Å². The number of ether oxygens (including phenoxy) is 3. The van der Waals surface area contributed by atoms with E-state index in [9.17, 15) is 9.59 Å². The number of alkyl carbamates (subject to hydrolysis) is 1. The molecule has 2 saturated heterocycles. The van der Waals surface area contributed by atoms with E-state index in [1.165, 1.54) is 0 Å². The molecule has 1 unspecified atom stereocenters. The van der Waals surface area contributed by atoms with Crippen LogP contribution in [0.4, 0.5) is 9.59 Å². The van der Waals surface area contributed by atoms with Gasteiger partial charge in [0.05, 0.1) is 31.3 Å². The third-order valence-corrected chi connectivity index (χ3v) is 5.88. The monoisotopic (exact) mass is 452 g/mol. The SMILES string of the molecule is CC(C)(C)OC(=O)N1C[C@H](OCc2ccccc2)CC1[C@H]1OC(=O)N[C@H]1Cc1ccccc1. The van der Waals surface area contributed by atoms with Crippen LogP contribution in [0.5, 0.6) is 0 Å². The molecule has 1 N–H and O–H groups in total. The highest BCUT2D eigenvalue weighted by molar-refractivity contribution is 5.72. The number of carbonyl (C=O) groups excluding carboxylic acids is 2. The molecule has 2 fully saturated rings. The quantitative estimate of drug-likeness (QED) is 0.707. The molecule has 4 rings (SSSR count). The average Bonchev–Trinajstić information content (AvgIpc) is 3.36. The Bertz CT molecular complexity index is 944. The minimum atomic E-state index is -0.626. The van der Waals surface area contributed by atoms with E-state index in [2.05, 4.69) is 5.32 Å². The molecule has 2 amide bonds. The highest BCUT2D eigenvalue weighted by Gasteiger charge is 2.49. The zero-order valence-electron chi connectivity index (χ0n) is 19.4. The van der Waals surface area contributed by atoms with Crippen molar-refractivity contribution in [3.05, 3.63) is 71.8 Å². The first-order chi connectivity index (χ1) is 15.8. The van der Waals surface area contributed by atoms with Crippen molar-refractivity contribution in [2.45, 2.75) is 70.1 Å². The van der Waals surface area contributed by atoms with E-state index in [0.29, 0.717) is 26.0 Å². The Labute approximate surface area is 195 Å². The van der Waals surface area contributed by atoms with E-state index in [-0.39, 0.29) is 18.2 Å². The van der Waals surface area contributed by atoms with E-state index in [1.54, 1.807) is 4.90 Å². The molecule has 7 nitrogen and oxygen atoms in total. The van der Waals surface area contributed by atoms with E-state index in [0.717, 1.165) is 11.1 Å². The second kappa shape index (κ2) is 9.83. The average molecular weight is 453 g/mol. The van der Waals surface area contributed by atoms with Crippen molar-refractivity contribution < 1.29 is 23.8 Å². The number of amides is 2. The van der Waals surface area contributed by atoms with Crippen LogP contribution in [0.2, 0.25) is 0 Å². The molecule has 2 aliphatic heterocycles. The first kappa shape index (κ1) is 23.1. The fraction of sp³-hybridized carbons (Fsp3) is 0.462. The Morgan fingerprint density at radius 2 is 1.70 bits per heavy atom. The number of hydrogen-bond donors (Lipinski definition) is 1. The number of hydrogen-bond acceptors (Lipinski definition) is 5. The van der Waals surface area contributed by atoms with Crippen molar-refractivity contribution in [1.29, 1.82) is 0 Å². The number of benzene rings is 2. The van der Waals surface area contributed by atoms with Gasteiger partial charge in [-0.25, -0.2) is 9.59 Å². The molecule has 4 atom stereocenters. The molecular weight excluding hydrogens is 420 g/mol. The minimum absolute atomic E-state index is 0.181. The highest BCUT2D eigenvalue weighted by Crippen LogP contribution is 2.31. The van der Waals surface area contributed by atoms with Crippen molar-refractivity contribution in [3.8, 4) is 0 Å². The van der Waals surface area contributed by atoms with Gasteiger partial charge in [-0.15, -0.1) is 0 Å². The number of rotatable bonds is 6. The lowest BCUT2D eigenvalue weighted by atomic mass is 9.95. The fourth-order valence-corrected chi connectivity index (χ4v) is 4.43. The van der Waals surface area contributed by atoms with Gasteiger partial charge >= 0.3 is 12.2 Å². The lowest BCUT2D eigenvalue weighted by Gasteiger charge is -2.32. The maximum Gasteiger partial charge on any atom is 0.410 e. The lowest BCUT2D eigenvalue weighted by molar-refractivity contribution is 0.00338. The van der Waals surface area contributed by atoms with E-state index in [4.69, 9.17) is 14.2 Å². The molecule has 176 valence electrons. The summed E-state index contributed by atoms with van der Waals surface area (Å²) in [5.74, 6) is 0. The third kappa shape index (κ3) is 6.05. The normalized spacial score (nSPS) is 24.9. The number of nitrogens with zero attached hydrogens (tertiary/aromatic N) is 1. The van der Waals surface area contributed by atoms with E-state index >= 15 is 0 Å². The molecule has 7 heteroatoms. The van der Waals surface area contributed by atoms with Crippen LogP contribution in [0.3, 0.4) is 0 Å². The predicted octanol–water partition coefficient (Wildman–Crippen LogP) is 4.30. The Morgan fingerprint density at radius 3 is 2.33 bits per heavy atom. The molecule has 0 radical (unpaired) electrons. The molecule has 2 aliphatic rings. The van der Waals surface area contributed by atoms with Gasteiger partial charge in [-0.3, -0.25) is 4.90 Å². The van der Waals surface area contributed by atoms with Crippen LogP contribution in [0, 0.1) is 0 Å². The first-order valence-electron chi connectivity index (χ1n) is 11.4. The van der Waals surface area contributed by atoms with Crippen LogP contribution in [-0.2, 0) is 27.2 Å². The second-order valence-corrected chi connectivity index (χ2v) is 9.66. The molecule has 2 aromatic rings. The summed E-state index contributed by atoms with van der Waals surface area (Å²) in [7, 11) is 0. The van der Waals surface area contributed by atoms with E-state index in [1.807, 2.05) is 81.4 Å². The molecule has 0 bridgehead atoms. The molecule has 0 aliphatic carbocycles. The Kier molecular flexibility index (Phi) is 6.88. The molecule has 2 aromatic carbocycles. The summed E-state index contributed by atoms with van der Waals surface area (Å²) in [5.41, 5.74) is 1.54. The van der Waals surface area contributed by atoms with Gasteiger partial charge in [0, 0.05) is 0 Å². The van der Waals surface area contributed by atoms with Crippen LogP contribution < -0.4 is 5.32 Å². The number of likely N-dealkylation sites (tertiary alicyclic amines) is 1. The number of nitrogens with one attached hydrogen (secondary N) is 1. The zero-order valence-corrected chi connectivity index (χ0v) is 19.4. The van der Waals surface area contributed by atoms with Gasteiger partial charge in [0.15, 0.2) is 0 Å². The summed E-state index contributed by atoms with van der Waals surface area (Å²) in [4.78, 5) is 27.0. The van der Waals surface area contributed by atoms with Gasteiger partial charge in [-0.2, -0.15) is 0 Å². The van der Waals surface area contributed by atoms with Crippen molar-refractivity contribution >= 4 is 12.2 Å². The van der Waals surface area contributed by atoms with Gasteiger partial charge in [0.25, 0.3) is 0 Å². The van der Waals surface area contributed by atoms with Gasteiger partial charge in [-0.1, -0.05) is 60.7 Å². The Morgan fingerprint density at radius 1 is 1.06 bits per heavy atom. The maximum absolute atomic E-state index is 13.1. The fourth-order valence-electron chi connectivity index (χ4n) is 4.43. The lowest BCUT2D eigenvalue weighted by Crippen LogP contribution is -2.50. The summed E-state index contributed by atoms with van der Waals surface area (Å²) in [6, 6.07) is 19.3. The van der Waals surface area contributed by atoms with Gasteiger partial charge in [-0.05, 0) is 44.7 Å². The van der Waals surface area contributed by atoms with Crippen LogP contribution in [0.25, 0.3) is 0 Å². The summed E-state index contributed by atoms with van der Waals surface area (Å²) < 4.78 is 17.5. The first-order valence-corrected chi connectivity index (χ1v) is 11.4. The van der Waals surface area contributed by atoms with E-state index < -0.39 is 23.9 Å². The molecule has 0 aromatic heterocycles. The Hall–Kier alpha value is -3.06. The van der Waals surface area contributed by atoms with Crippen LogP contribution in [-0.4, -0.2) is 53.5 Å². The summed E-state index contributed by atoms with van der Waals surface area (Å²) >= 11 is 0. The van der Waals surface area contributed by atoms with Crippen molar-refractivity contribution in [2.24, 2.45) is 0 Å². The van der Waals surface area contributed by atoms with Crippen LogP contribution in [0.15, 0.2) is 60.7 Å². The van der Waals surface area contributed by atoms with Crippen LogP contribution in [0.1, 0.15) is 38.3 Å². The number of carbonyl (C=O) groups is 2. The molecule has 0 spiro atoms. The highest BCUT2D eigenvalue weighted by atomic mass is 16.6. The standard InChI is InChI=1S/C26H32N2O5/c1-26(2,3)33-25(30)28-16-20(31-17-19-12-8-5-9-13-19)15-22(28)23-21(27-24(29)32-23)14-18-10-6-4-7-11-18/h4-13,20-23H,14-17H2,1-3H3,(H,27,29)/t20-,21+,22?,23+/m1/s1. The summed E-state index contributed by atoms with van der Waals surface area (Å²) in [5, 5.41) is 2.93. The summed E-state index contributed by atoms with van der Waals surface area (Å²) in [6.45, 7) is 6.37. The summed E-state index contributed by atoms with van der Waals surface area (Å²) in [6.07, 6.45) is -0.365. The third-order valence-electron chi connectivity index (χ3n) is 5.88. The molecule has 0 saturated carbocycles. The van der Waals surface area contributed by atoms with Crippen molar-refractivity contribution in [2.75, 3.05) is 6.54 Å². The zero-order chi connectivity index (χ0) is 23.4. The molecule has 33 heavy (non-hydrogen) atoms. The molecular formula is C26H32N2O5. The topological polar surface area (TPSA) is 77.1 Å². The van der Waals surface area contributed by atoms with Gasteiger partial charge in [0.1, 0.15) is 11.7 Å². The number of cyclic esters (lactones) is 1. The van der Waals surface area contributed by atoms with Crippen molar-refractivity contribution in [3.63, 3.8) is 0 Å². The molecule has 2 heterocycles. The largest absolute Gasteiger partial charge is 0.444 e. The maximum atomic E-state index is 13.1. The minimum Gasteiger partial charge on any atom is -0.444 e. The van der Waals surface area contributed by atoms with Crippen molar-refractivity contribution in [1.82, 2.24) is 10.2 Å².